The summed E-state index contributed by atoms with van der Waals surface area (Å²) >= 11 is 0. The van der Waals surface area contributed by atoms with Gasteiger partial charge in [-0.15, -0.1) is 0 Å². The van der Waals surface area contributed by atoms with Gasteiger partial charge in [-0.25, -0.2) is 5.06 Å². The highest BCUT2D eigenvalue weighted by atomic mass is 16.7. The Morgan fingerprint density at radius 1 is 1.50 bits per heavy atom. The lowest BCUT2D eigenvalue weighted by molar-refractivity contribution is -0.238. The zero-order valence-electron chi connectivity index (χ0n) is 9.45. The van der Waals surface area contributed by atoms with E-state index in [0.717, 1.165) is 19.3 Å². The standard InChI is InChI=1S/C11H21NO2/c1-4-5-6-11-8-7-9(2)12(14-11)10(3)13/h9,11H,4-8H2,1-3H3/t9-,11+/m0/s1. The van der Waals surface area contributed by atoms with Gasteiger partial charge in [-0.2, -0.15) is 0 Å². The van der Waals surface area contributed by atoms with E-state index in [1.165, 1.54) is 12.8 Å². The van der Waals surface area contributed by atoms with Crippen molar-refractivity contribution in [3.63, 3.8) is 0 Å². The van der Waals surface area contributed by atoms with Gasteiger partial charge in [0.05, 0.1) is 12.1 Å². The van der Waals surface area contributed by atoms with E-state index in [9.17, 15) is 4.79 Å². The first-order valence-electron chi connectivity index (χ1n) is 5.61. The number of amides is 1. The number of hydrogen-bond acceptors (Lipinski definition) is 2. The van der Waals surface area contributed by atoms with Gasteiger partial charge in [0.25, 0.3) is 0 Å². The van der Waals surface area contributed by atoms with Crippen LogP contribution in [0.1, 0.15) is 52.9 Å². The van der Waals surface area contributed by atoms with Crippen molar-refractivity contribution in [3.8, 4) is 0 Å². The molecule has 2 atom stereocenters. The first kappa shape index (κ1) is 11.5. The highest BCUT2D eigenvalue weighted by Gasteiger charge is 2.27. The maximum absolute atomic E-state index is 11.2. The molecule has 82 valence electrons. The van der Waals surface area contributed by atoms with Crippen molar-refractivity contribution in [1.29, 1.82) is 0 Å². The predicted octanol–water partition coefficient (Wildman–Crippen LogP) is 2.51. The third-order valence-electron chi connectivity index (χ3n) is 2.76. The topological polar surface area (TPSA) is 29.5 Å². The van der Waals surface area contributed by atoms with Crippen molar-refractivity contribution in [1.82, 2.24) is 5.06 Å². The van der Waals surface area contributed by atoms with Gasteiger partial charge in [0.1, 0.15) is 0 Å². The number of hydroxylamine groups is 2. The molecule has 0 aromatic heterocycles. The second kappa shape index (κ2) is 5.35. The Bertz CT molecular complexity index is 192. The Balaban J connectivity index is 2.41. The van der Waals surface area contributed by atoms with E-state index in [2.05, 4.69) is 6.92 Å². The molecule has 1 rings (SSSR count). The summed E-state index contributed by atoms with van der Waals surface area (Å²) in [6.45, 7) is 5.78. The summed E-state index contributed by atoms with van der Waals surface area (Å²) in [4.78, 5) is 16.9. The fourth-order valence-electron chi connectivity index (χ4n) is 1.87. The first-order chi connectivity index (χ1) is 6.65. The molecule has 1 fully saturated rings. The molecule has 0 aliphatic carbocycles. The molecule has 3 heteroatoms. The molecule has 0 unspecified atom stereocenters. The van der Waals surface area contributed by atoms with E-state index in [1.807, 2.05) is 6.92 Å². The van der Waals surface area contributed by atoms with Gasteiger partial charge >= 0.3 is 0 Å². The molecule has 1 amide bonds. The van der Waals surface area contributed by atoms with Crippen LogP contribution in [0.25, 0.3) is 0 Å². The summed E-state index contributed by atoms with van der Waals surface area (Å²) < 4.78 is 0. The predicted molar refractivity (Wildman–Crippen MR) is 55.6 cm³/mol. The molecule has 0 saturated carbocycles. The summed E-state index contributed by atoms with van der Waals surface area (Å²) in [6, 6.07) is 0.241. The molecule has 1 aliphatic rings. The lowest BCUT2D eigenvalue weighted by Crippen LogP contribution is -2.44. The largest absolute Gasteiger partial charge is 0.273 e. The number of hydrogen-bond donors (Lipinski definition) is 0. The average molecular weight is 199 g/mol. The van der Waals surface area contributed by atoms with Crippen LogP contribution in [0, 0.1) is 0 Å². The van der Waals surface area contributed by atoms with E-state index in [4.69, 9.17) is 4.84 Å². The van der Waals surface area contributed by atoms with Gasteiger partial charge in [-0.3, -0.25) is 9.63 Å². The second-order valence-electron chi connectivity index (χ2n) is 4.14. The van der Waals surface area contributed by atoms with Crippen molar-refractivity contribution in [2.45, 2.75) is 65.0 Å². The lowest BCUT2D eigenvalue weighted by atomic mass is 10.0. The minimum absolute atomic E-state index is 0.0266. The summed E-state index contributed by atoms with van der Waals surface area (Å²) in [6.07, 6.45) is 5.86. The molecule has 0 radical (unpaired) electrons. The molecule has 0 aromatic rings. The number of nitrogens with zero attached hydrogens (tertiary/aromatic N) is 1. The fourth-order valence-corrected chi connectivity index (χ4v) is 1.87. The van der Waals surface area contributed by atoms with Crippen molar-refractivity contribution < 1.29 is 9.63 Å². The number of carbonyl (C=O) groups excluding carboxylic acids is 1. The van der Waals surface area contributed by atoms with E-state index >= 15 is 0 Å². The zero-order valence-corrected chi connectivity index (χ0v) is 9.45. The number of rotatable bonds is 3. The maximum atomic E-state index is 11.2. The van der Waals surface area contributed by atoms with Crippen molar-refractivity contribution in [3.05, 3.63) is 0 Å². The minimum atomic E-state index is 0.0266. The molecule has 0 N–H and O–H groups in total. The van der Waals surface area contributed by atoms with E-state index < -0.39 is 0 Å². The zero-order chi connectivity index (χ0) is 10.6. The third-order valence-corrected chi connectivity index (χ3v) is 2.76. The van der Waals surface area contributed by atoms with E-state index in [-0.39, 0.29) is 18.1 Å². The average Bonchev–Trinajstić information content (AvgIpc) is 2.16. The van der Waals surface area contributed by atoms with Crippen molar-refractivity contribution in [2.24, 2.45) is 0 Å². The molecule has 0 bridgehead atoms. The highest BCUT2D eigenvalue weighted by Crippen LogP contribution is 2.23. The van der Waals surface area contributed by atoms with Gasteiger partial charge in [0.2, 0.25) is 5.91 Å². The first-order valence-corrected chi connectivity index (χ1v) is 5.61. The molecule has 1 saturated heterocycles. The molecule has 14 heavy (non-hydrogen) atoms. The smallest absolute Gasteiger partial charge is 0.243 e. The van der Waals surface area contributed by atoms with Crippen LogP contribution in [0.5, 0.6) is 0 Å². The van der Waals surface area contributed by atoms with Crippen molar-refractivity contribution >= 4 is 5.91 Å². The summed E-state index contributed by atoms with van der Waals surface area (Å²) in [5, 5.41) is 1.55. The SMILES string of the molecule is CCCC[C@@H]1CC[C@H](C)N(C(C)=O)O1. The van der Waals surface area contributed by atoms with Gasteiger partial charge in [0, 0.05) is 6.92 Å². The Kier molecular flexibility index (Phi) is 4.39. The number of unbranched alkanes of at least 4 members (excludes halogenated alkanes) is 1. The molecule has 0 spiro atoms. The Morgan fingerprint density at radius 3 is 2.79 bits per heavy atom. The second-order valence-corrected chi connectivity index (χ2v) is 4.14. The van der Waals surface area contributed by atoms with Gasteiger partial charge in [-0.1, -0.05) is 19.8 Å². The summed E-state index contributed by atoms with van der Waals surface area (Å²) in [7, 11) is 0. The Labute approximate surface area is 86.4 Å². The normalized spacial score (nSPS) is 27.8. The Hall–Kier alpha value is -0.570. The van der Waals surface area contributed by atoms with Crippen LogP contribution in [-0.4, -0.2) is 23.1 Å². The van der Waals surface area contributed by atoms with Crippen LogP contribution in [0.4, 0.5) is 0 Å². The monoisotopic (exact) mass is 199 g/mol. The molecule has 1 aliphatic heterocycles. The molecule has 3 nitrogen and oxygen atoms in total. The lowest BCUT2D eigenvalue weighted by Gasteiger charge is -2.36. The molecule has 0 aromatic carbocycles. The van der Waals surface area contributed by atoms with Crippen molar-refractivity contribution in [2.75, 3.05) is 0 Å². The Morgan fingerprint density at radius 2 is 2.21 bits per heavy atom. The van der Waals surface area contributed by atoms with Crippen LogP contribution >= 0.6 is 0 Å². The third kappa shape index (κ3) is 2.98. The highest BCUT2D eigenvalue weighted by molar-refractivity contribution is 5.72. The van der Waals surface area contributed by atoms with Gasteiger partial charge in [-0.05, 0) is 26.2 Å². The van der Waals surface area contributed by atoms with Gasteiger partial charge in [0.15, 0.2) is 0 Å². The quantitative estimate of drug-likeness (QED) is 0.699. The fraction of sp³-hybridized carbons (Fsp3) is 0.909. The van der Waals surface area contributed by atoms with Crippen LogP contribution in [0.3, 0.4) is 0 Å². The van der Waals surface area contributed by atoms with Gasteiger partial charge < -0.3 is 0 Å². The summed E-state index contributed by atoms with van der Waals surface area (Å²) in [5.41, 5.74) is 0. The summed E-state index contributed by atoms with van der Waals surface area (Å²) in [5.74, 6) is 0.0266. The van der Waals surface area contributed by atoms with Crippen LogP contribution in [0.15, 0.2) is 0 Å². The molecular formula is C11H21NO2. The van der Waals surface area contributed by atoms with E-state index in [0.29, 0.717) is 0 Å². The van der Waals surface area contributed by atoms with Crippen LogP contribution in [-0.2, 0) is 9.63 Å². The van der Waals surface area contributed by atoms with E-state index in [1.54, 1.807) is 12.0 Å². The molecule has 1 heterocycles. The molecular weight excluding hydrogens is 178 g/mol. The van der Waals surface area contributed by atoms with Crippen LogP contribution in [0.2, 0.25) is 0 Å². The van der Waals surface area contributed by atoms with Crippen LogP contribution < -0.4 is 0 Å². The minimum Gasteiger partial charge on any atom is -0.273 e. The maximum Gasteiger partial charge on any atom is 0.243 e. The number of carbonyl (C=O) groups is 1.